The molecule has 0 aromatic heterocycles. The second-order valence-corrected chi connectivity index (χ2v) is 6.96. The van der Waals surface area contributed by atoms with Crippen LogP contribution in [0.1, 0.15) is 15.9 Å². The number of ether oxygens (including phenoxy) is 1. The second-order valence-electron chi connectivity index (χ2n) is 6.04. The van der Waals surface area contributed by atoms with Crippen LogP contribution in [0.15, 0.2) is 46.9 Å². The van der Waals surface area contributed by atoms with Crippen LogP contribution in [0.25, 0.3) is 0 Å². The van der Waals surface area contributed by atoms with Gasteiger partial charge >= 0.3 is 0 Å². The number of rotatable bonds is 4. The molecule has 4 nitrogen and oxygen atoms in total. The van der Waals surface area contributed by atoms with Gasteiger partial charge in [-0.05, 0) is 35.9 Å². The van der Waals surface area contributed by atoms with Crippen molar-refractivity contribution in [3.8, 4) is 5.75 Å². The fourth-order valence-electron chi connectivity index (χ4n) is 2.93. The number of nitrogens with zero attached hydrogens (tertiary/aromatic N) is 2. The predicted molar refractivity (Wildman–Crippen MR) is 98.3 cm³/mol. The summed E-state index contributed by atoms with van der Waals surface area (Å²) >= 11 is 3.21. The number of hydrogen-bond acceptors (Lipinski definition) is 3. The Morgan fingerprint density at radius 2 is 1.80 bits per heavy atom. The smallest absolute Gasteiger partial charge is 0.256 e. The van der Waals surface area contributed by atoms with E-state index >= 15 is 0 Å². The topological polar surface area (TPSA) is 32.8 Å². The van der Waals surface area contributed by atoms with E-state index in [2.05, 4.69) is 20.8 Å². The van der Waals surface area contributed by atoms with Gasteiger partial charge in [0.05, 0.1) is 12.7 Å². The number of piperazine rings is 1. The summed E-state index contributed by atoms with van der Waals surface area (Å²) in [5.41, 5.74) is 1.34. The second kappa shape index (κ2) is 7.97. The van der Waals surface area contributed by atoms with Gasteiger partial charge in [-0.25, -0.2) is 4.39 Å². The lowest BCUT2D eigenvalue weighted by Gasteiger charge is -2.34. The Balaban J connectivity index is 1.56. The van der Waals surface area contributed by atoms with Gasteiger partial charge in [0.25, 0.3) is 5.91 Å². The van der Waals surface area contributed by atoms with E-state index in [0.717, 1.165) is 25.4 Å². The van der Waals surface area contributed by atoms with Crippen molar-refractivity contribution in [2.24, 2.45) is 0 Å². The quantitative estimate of drug-likeness (QED) is 0.777. The zero-order valence-corrected chi connectivity index (χ0v) is 15.6. The first-order valence-electron chi connectivity index (χ1n) is 8.16. The molecule has 6 heteroatoms. The van der Waals surface area contributed by atoms with Crippen molar-refractivity contribution >= 4 is 21.8 Å². The average molecular weight is 407 g/mol. The first-order valence-corrected chi connectivity index (χ1v) is 8.96. The normalized spacial score (nSPS) is 15.2. The van der Waals surface area contributed by atoms with Crippen LogP contribution in [-0.4, -0.2) is 49.0 Å². The minimum atomic E-state index is -0.486. The molecule has 1 fully saturated rings. The third-order valence-corrected chi connectivity index (χ3v) is 4.88. The van der Waals surface area contributed by atoms with E-state index < -0.39 is 5.82 Å². The largest absolute Gasteiger partial charge is 0.497 e. The molecule has 2 aromatic carbocycles. The minimum absolute atomic E-state index is 0.131. The summed E-state index contributed by atoms with van der Waals surface area (Å²) in [5.74, 6) is 0.116. The molecule has 0 radical (unpaired) electrons. The summed E-state index contributed by atoms with van der Waals surface area (Å²) in [6.07, 6.45) is 0. The Hall–Kier alpha value is -1.92. The lowest BCUT2D eigenvalue weighted by Crippen LogP contribution is -2.48. The summed E-state index contributed by atoms with van der Waals surface area (Å²) in [6, 6.07) is 12.5. The minimum Gasteiger partial charge on any atom is -0.497 e. The Bertz CT molecular complexity index is 744. The number of hydrogen-bond donors (Lipinski definition) is 0. The predicted octanol–water partition coefficient (Wildman–Crippen LogP) is 3.55. The van der Waals surface area contributed by atoms with E-state index in [9.17, 15) is 9.18 Å². The molecule has 3 rings (SSSR count). The molecule has 0 saturated carbocycles. The Morgan fingerprint density at radius 3 is 2.40 bits per heavy atom. The van der Waals surface area contributed by atoms with Crippen LogP contribution < -0.4 is 4.74 Å². The van der Waals surface area contributed by atoms with Crippen molar-refractivity contribution in [1.29, 1.82) is 0 Å². The molecular weight excluding hydrogens is 387 g/mol. The van der Waals surface area contributed by atoms with Gasteiger partial charge in [-0.3, -0.25) is 9.69 Å². The fourth-order valence-corrected chi connectivity index (χ4v) is 3.26. The third kappa shape index (κ3) is 4.38. The van der Waals surface area contributed by atoms with Crippen molar-refractivity contribution in [3.05, 3.63) is 63.9 Å². The first kappa shape index (κ1) is 17.9. The maximum atomic E-state index is 14.0. The van der Waals surface area contributed by atoms with Crippen LogP contribution in [0.5, 0.6) is 5.75 Å². The molecule has 0 atom stereocenters. The van der Waals surface area contributed by atoms with Crippen LogP contribution >= 0.6 is 15.9 Å². The van der Waals surface area contributed by atoms with Gasteiger partial charge < -0.3 is 9.64 Å². The van der Waals surface area contributed by atoms with Crippen LogP contribution in [0.4, 0.5) is 4.39 Å². The summed E-state index contributed by atoms with van der Waals surface area (Å²) in [6.45, 7) is 3.58. The summed E-state index contributed by atoms with van der Waals surface area (Å²) in [4.78, 5) is 16.5. The van der Waals surface area contributed by atoms with E-state index in [1.165, 1.54) is 17.7 Å². The zero-order valence-electron chi connectivity index (χ0n) is 14.0. The van der Waals surface area contributed by atoms with Gasteiger partial charge in [0.1, 0.15) is 11.6 Å². The number of methoxy groups -OCH3 is 1. The van der Waals surface area contributed by atoms with Gasteiger partial charge in [-0.2, -0.15) is 0 Å². The van der Waals surface area contributed by atoms with Gasteiger partial charge in [0.15, 0.2) is 0 Å². The lowest BCUT2D eigenvalue weighted by molar-refractivity contribution is 0.0624. The molecule has 1 aliphatic rings. The average Bonchev–Trinajstić information content (AvgIpc) is 2.62. The highest BCUT2D eigenvalue weighted by Crippen LogP contribution is 2.19. The SMILES string of the molecule is COc1ccc(CN2CCN(C(=O)c3ccc(Br)cc3F)CC2)cc1. The van der Waals surface area contributed by atoms with E-state index in [-0.39, 0.29) is 11.5 Å². The molecule has 1 heterocycles. The fraction of sp³-hybridized carbons (Fsp3) is 0.316. The van der Waals surface area contributed by atoms with Gasteiger partial charge in [-0.15, -0.1) is 0 Å². The molecule has 1 saturated heterocycles. The molecule has 25 heavy (non-hydrogen) atoms. The van der Waals surface area contributed by atoms with Crippen molar-refractivity contribution in [2.45, 2.75) is 6.54 Å². The van der Waals surface area contributed by atoms with E-state index in [4.69, 9.17) is 4.74 Å². The molecule has 1 aliphatic heterocycles. The van der Waals surface area contributed by atoms with Crippen molar-refractivity contribution in [3.63, 3.8) is 0 Å². The molecule has 0 unspecified atom stereocenters. The van der Waals surface area contributed by atoms with Gasteiger partial charge in [-0.1, -0.05) is 28.1 Å². The number of carbonyl (C=O) groups is 1. The Morgan fingerprint density at radius 1 is 1.12 bits per heavy atom. The highest BCUT2D eigenvalue weighted by atomic mass is 79.9. The number of halogens is 2. The molecule has 2 aromatic rings. The maximum absolute atomic E-state index is 14.0. The first-order chi connectivity index (χ1) is 12.1. The van der Waals surface area contributed by atoms with Crippen molar-refractivity contribution in [1.82, 2.24) is 9.80 Å². The molecule has 1 amide bonds. The standard InChI is InChI=1S/C19H20BrFN2O2/c1-25-16-5-2-14(3-6-16)13-22-8-10-23(11-9-22)19(24)17-7-4-15(20)12-18(17)21/h2-7,12H,8-11,13H2,1H3. The van der Waals surface area contributed by atoms with Crippen molar-refractivity contribution in [2.75, 3.05) is 33.3 Å². The van der Waals surface area contributed by atoms with Crippen LogP contribution in [0.3, 0.4) is 0 Å². The molecule has 0 N–H and O–H groups in total. The van der Waals surface area contributed by atoms with Gasteiger partial charge in [0.2, 0.25) is 0 Å². The van der Waals surface area contributed by atoms with Crippen molar-refractivity contribution < 1.29 is 13.9 Å². The molecule has 0 aliphatic carbocycles. The summed E-state index contributed by atoms with van der Waals surface area (Å²) in [7, 11) is 1.65. The Kier molecular flexibility index (Phi) is 5.71. The summed E-state index contributed by atoms with van der Waals surface area (Å²) in [5, 5.41) is 0. The Labute approximate surface area is 155 Å². The van der Waals surface area contributed by atoms with E-state index in [1.807, 2.05) is 24.3 Å². The zero-order chi connectivity index (χ0) is 17.8. The van der Waals surface area contributed by atoms with E-state index in [0.29, 0.717) is 17.6 Å². The van der Waals surface area contributed by atoms with Crippen LogP contribution in [0.2, 0.25) is 0 Å². The number of carbonyl (C=O) groups excluding carboxylic acids is 1. The summed E-state index contributed by atoms with van der Waals surface area (Å²) < 4.78 is 19.8. The number of benzene rings is 2. The van der Waals surface area contributed by atoms with Gasteiger partial charge in [0, 0.05) is 37.2 Å². The monoisotopic (exact) mass is 406 g/mol. The van der Waals surface area contributed by atoms with Crippen LogP contribution in [-0.2, 0) is 6.54 Å². The maximum Gasteiger partial charge on any atom is 0.256 e. The highest BCUT2D eigenvalue weighted by Gasteiger charge is 2.24. The lowest BCUT2D eigenvalue weighted by atomic mass is 10.1. The van der Waals surface area contributed by atoms with Crippen LogP contribution in [0, 0.1) is 5.82 Å². The highest BCUT2D eigenvalue weighted by molar-refractivity contribution is 9.10. The molecule has 0 bridgehead atoms. The third-order valence-electron chi connectivity index (χ3n) is 4.39. The number of amides is 1. The molecular formula is C19H20BrFN2O2. The van der Waals surface area contributed by atoms with E-state index in [1.54, 1.807) is 18.1 Å². The molecule has 0 spiro atoms. The molecule has 132 valence electrons.